The van der Waals surface area contributed by atoms with E-state index < -0.39 is 5.60 Å². The third-order valence-corrected chi connectivity index (χ3v) is 3.46. The molecule has 21 heavy (non-hydrogen) atoms. The Hall–Kier alpha value is -1.31. The van der Waals surface area contributed by atoms with E-state index >= 15 is 0 Å². The summed E-state index contributed by atoms with van der Waals surface area (Å²) in [7, 11) is 0. The van der Waals surface area contributed by atoms with E-state index in [0.717, 1.165) is 25.7 Å². The van der Waals surface area contributed by atoms with Gasteiger partial charge in [-0.05, 0) is 59.5 Å². The minimum Gasteiger partial charge on any atom is -0.455 e. The predicted octanol–water partition coefficient (Wildman–Crippen LogP) is 5.60. The van der Waals surface area contributed by atoms with Gasteiger partial charge in [0.25, 0.3) is 0 Å². The standard InChI is InChI=1S/C19H32O2/c1-8-19(7,21-18(20)16(4)5)14-10-13-17(6)12-9-11-15(2)3/h8,11,13,16H,1,9-10,12,14H2,2-7H3/b17-13-/t19-/m1/s1. The Morgan fingerprint density at radius 1 is 1.19 bits per heavy atom. The Balaban J connectivity index is 4.35. The third-order valence-electron chi connectivity index (χ3n) is 3.46. The Morgan fingerprint density at radius 2 is 1.81 bits per heavy atom. The molecule has 0 spiro atoms. The summed E-state index contributed by atoms with van der Waals surface area (Å²) in [6, 6.07) is 0. The molecule has 0 aliphatic heterocycles. The van der Waals surface area contributed by atoms with Gasteiger partial charge in [0.2, 0.25) is 0 Å². The first-order chi connectivity index (χ1) is 9.70. The fraction of sp³-hybridized carbons (Fsp3) is 0.632. The Bertz CT molecular complexity index is 398. The van der Waals surface area contributed by atoms with Gasteiger partial charge in [-0.25, -0.2) is 0 Å². The number of allylic oxidation sites excluding steroid dienone is 4. The molecule has 0 heterocycles. The predicted molar refractivity (Wildman–Crippen MR) is 91.2 cm³/mol. The fourth-order valence-corrected chi connectivity index (χ4v) is 1.84. The molecule has 0 N–H and O–H groups in total. The maximum atomic E-state index is 11.7. The van der Waals surface area contributed by atoms with Crippen LogP contribution in [0.3, 0.4) is 0 Å². The molecule has 120 valence electrons. The highest BCUT2D eigenvalue weighted by Gasteiger charge is 2.25. The van der Waals surface area contributed by atoms with E-state index in [9.17, 15) is 4.79 Å². The van der Waals surface area contributed by atoms with Gasteiger partial charge in [0.05, 0.1) is 5.92 Å². The van der Waals surface area contributed by atoms with Crippen LogP contribution in [-0.4, -0.2) is 11.6 Å². The molecule has 0 fully saturated rings. The van der Waals surface area contributed by atoms with E-state index in [4.69, 9.17) is 4.74 Å². The lowest BCUT2D eigenvalue weighted by Gasteiger charge is -2.26. The van der Waals surface area contributed by atoms with Crippen LogP contribution < -0.4 is 0 Å². The summed E-state index contributed by atoms with van der Waals surface area (Å²) in [5, 5.41) is 0. The molecule has 2 heteroatoms. The van der Waals surface area contributed by atoms with Crippen LogP contribution >= 0.6 is 0 Å². The lowest BCUT2D eigenvalue weighted by Crippen LogP contribution is -2.31. The molecule has 0 saturated carbocycles. The quantitative estimate of drug-likeness (QED) is 0.408. The number of hydrogen-bond donors (Lipinski definition) is 0. The Morgan fingerprint density at radius 3 is 2.29 bits per heavy atom. The molecule has 0 amide bonds. The van der Waals surface area contributed by atoms with E-state index in [1.54, 1.807) is 6.08 Å². The molecule has 0 aliphatic rings. The van der Waals surface area contributed by atoms with E-state index in [1.165, 1.54) is 11.1 Å². The van der Waals surface area contributed by atoms with Gasteiger partial charge in [0.1, 0.15) is 5.60 Å². The van der Waals surface area contributed by atoms with Crippen molar-refractivity contribution >= 4 is 5.97 Å². The highest BCUT2D eigenvalue weighted by molar-refractivity contribution is 5.72. The zero-order valence-electron chi connectivity index (χ0n) is 14.7. The molecule has 0 aliphatic carbocycles. The van der Waals surface area contributed by atoms with Gasteiger partial charge in [-0.2, -0.15) is 0 Å². The van der Waals surface area contributed by atoms with Crippen molar-refractivity contribution in [1.29, 1.82) is 0 Å². The minimum absolute atomic E-state index is 0.106. The van der Waals surface area contributed by atoms with Crippen molar-refractivity contribution in [3.05, 3.63) is 36.0 Å². The molecule has 0 aromatic heterocycles. The van der Waals surface area contributed by atoms with Crippen LogP contribution in [0, 0.1) is 5.92 Å². The van der Waals surface area contributed by atoms with Gasteiger partial charge in [0.15, 0.2) is 0 Å². The minimum atomic E-state index is -0.571. The zero-order chi connectivity index (χ0) is 16.5. The van der Waals surface area contributed by atoms with Crippen LogP contribution in [-0.2, 0) is 9.53 Å². The highest BCUT2D eigenvalue weighted by atomic mass is 16.6. The number of hydrogen-bond acceptors (Lipinski definition) is 2. The number of carbonyl (C=O) groups is 1. The molecule has 0 saturated heterocycles. The molecule has 0 aromatic carbocycles. The topological polar surface area (TPSA) is 26.3 Å². The van der Waals surface area contributed by atoms with Gasteiger partial charge in [-0.15, -0.1) is 0 Å². The van der Waals surface area contributed by atoms with Crippen LogP contribution in [0.15, 0.2) is 36.0 Å². The smallest absolute Gasteiger partial charge is 0.309 e. The number of rotatable bonds is 9. The second kappa shape index (κ2) is 9.59. The Kier molecular flexibility index (Phi) is 9.00. The van der Waals surface area contributed by atoms with Gasteiger partial charge in [0, 0.05) is 0 Å². The van der Waals surface area contributed by atoms with E-state index in [1.807, 2.05) is 20.8 Å². The summed E-state index contributed by atoms with van der Waals surface area (Å²) in [4.78, 5) is 11.7. The van der Waals surface area contributed by atoms with Gasteiger partial charge in [-0.3, -0.25) is 4.79 Å². The van der Waals surface area contributed by atoms with Crippen LogP contribution in [0.25, 0.3) is 0 Å². The summed E-state index contributed by atoms with van der Waals surface area (Å²) in [6.07, 6.45) is 10.1. The first-order valence-electron chi connectivity index (χ1n) is 7.85. The maximum Gasteiger partial charge on any atom is 0.309 e. The van der Waals surface area contributed by atoms with Gasteiger partial charge < -0.3 is 4.74 Å². The molecule has 0 aromatic rings. The van der Waals surface area contributed by atoms with Crippen molar-refractivity contribution in [3.8, 4) is 0 Å². The monoisotopic (exact) mass is 292 g/mol. The first-order valence-corrected chi connectivity index (χ1v) is 7.85. The van der Waals surface area contributed by atoms with Crippen molar-refractivity contribution in [3.63, 3.8) is 0 Å². The summed E-state index contributed by atoms with van der Waals surface area (Å²) in [5.74, 6) is -0.271. The highest BCUT2D eigenvalue weighted by Crippen LogP contribution is 2.22. The SMILES string of the molecule is C=C[C@](C)(CC/C=C(/C)CCC=C(C)C)OC(=O)C(C)C. The second-order valence-electron chi connectivity index (χ2n) is 6.50. The van der Waals surface area contributed by atoms with Crippen LogP contribution in [0.5, 0.6) is 0 Å². The molecule has 2 nitrogen and oxygen atoms in total. The van der Waals surface area contributed by atoms with E-state index in [0.29, 0.717) is 0 Å². The van der Waals surface area contributed by atoms with Crippen LogP contribution in [0.4, 0.5) is 0 Å². The second-order valence-corrected chi connectivity index (χ2v) is 6.50. The van der Waals surface area contributed by atoms with E-state index in [2.05, 4.69) is 39.5 Å². The lowest BCUT2D eigenvalue weighted by atomic mass is 9.98. The molecular formula is C19H32O2. The largest absolute Gasteiger partial charge is 0.455 e. The normalized spacial score (nSPS) is 14.5. The number of ether oxygens (including phenoxy) is 1. The van der Waals surface area contributed by atoms with Crippen molar-refractivity contribution in [2.75, 3.05) is 0 Å². The van der Waals surface area contributed by atoms with Crippen molar-refractivity contribution in [1.82, 2.24) is 0 Å². The summed E-state index contributed by atoms with van der Waals surface area (Å²) < 4.78 is 5.55. The zero-order valence-corrected chi connectivity index (χ0v) is 14.7. The van der Waals surface area contributed by atoms with Crippen molar-refractivity contribution < 1.29 is 9.53 Å². The summed E-state index contributed by atoms with van der Waals surface area (Å²) >= 11 is 0. The van der Waals surface area contributed by atoms with Gasteiger partial charge >= 0.3 is 5.97 Å². The summed E-state index contributed by atoms with van der Waals surface area (Å²) in [6.45, 7) is 15.8. The average molecular weight is 292 g/mol. The first kappa shape index (κ1) is 19.7. The fourth-order valence-electron chi connectivity index (χ4n) is 1.84. The van der Waals surface area contributed by atoms with Crippen molar-refractivity contribution in [2.24, 2.45) is 5.92 Å². The molecular weight excluding hydrogens is 260 g/mol. The Labute approximate surface area is 131 Å². The maximum absolute atomic E-state index is 11.7. The van der Waals surface area contributed by atoms with E-state index in [-0.39, 0.29) is 11.9 Å². The third kappa shape index (κ3) is 9.28. The van der Waals surface area contributed by atoms with Crippen LogP contribution in [0.2, 0.25) is 0 Å². The van der Waals surface area contributed by atoms with Crippen LogP contribution in [0.1, 0.15) is 67.2 Å². The summed E-state index contributed by atoms with van der Waals surface area (Å²) in [5.41, 5.74) is 2.18. The molecule has 0 rings (SSSR count). The van der Waals surface area contributed by atoms with Crippen molar-refractivity contribution in [2.45, 2.75) is 72.8 Å². The molecule has 1 atom stereocenters. The lowest BCUT2D eigenvalue weighted by molar-refractivity contribution is -0.158. The molecule has 0 unspecified atom stereocenters. The molecule has 0 bridgehead atoms. The number of carbonyl (C=O) groups excluding carboxylic acids is 1. The average Bonchev–Trinajstić information content (AvgIpc) is 2.38. The number of esters is 1. The molecule has 0 radical (unpaired) electrons. The van der Waals surface area contributed by atoms with Gasteiger partial charge in [-0.1, -0.05) is 43.7 Å².